The molecule has 1 N–H and O–H groups in total. The highest BCUT2D eigenvalue weighted by atomic mass is 16.5. The maximum atomic E-state index is 11.2. The van der Waals surface area contributed by atoms with Gasteiger partial charge in [0.25, 0.3) is 0 Å². The molecule has 0 amide bonds. The van der Waals surface area contributed by atoms with Gasteiger partial charge in [-0.1, -0.05) is 20.8 Å². The molecule has 21 heavy (non-hydrogen) atoms. The second-order valence-electron chi connectivity index (χ2n) is 6.19. The van der Waals surface area contributed by atoms with Crippen LogP contribution in [0.25, 0.3) is 6.08 Å². The molecule has 3 nitrogen and oxygen atoms in total. The van der Waals surface area contributed by atoms with Crippen molar-refractivity contribution in [3.63, 3.8) is 0 Å². The molecule has 2 rings (SSSR count). The molecule has 0 spiro atoms. The third kappa shape index (κ3) is 3.66. The van der Waals surface area contributed by atoms with Crippen molar-refractivity contribution in [2.75, 3.05) is 7.11 Å². The Morgan fingerprint density at radius 3 is 2.43 bits per heavy atom. The van der Waals surface area contributed by atoms with E-state index >= 15 is 0 Å². The van der Waals surface area contributed by atoms with Crippen LogP contribution >= 0.6 is 0 Å². The molecule has 1 aromatic rings. The van der Waals surface area contributed by atoms with Gasteiger partial charge in [-0.3, -0.25) is 0 Å². The number of carbonyl (C=O) groups is 1. The summed E-state index contributed by atoms with van der Waals surface area (Å²) in [6.45, 7) is 6.30. The minimum absolute atomic E-state index is 0.238. The molecule has 0 bridgehead atoms. The molecule has 1 aromatic carbocycles. The van der Waals surface area contributed by atoms with Crippen molar-refractivity contribution in [3.05, 3.63) is 34.9 Å². The third-order valence-electron chi connectivity index (χ3n) is 4.25. The summed E-state index contributed by atoms with van der Waals surface area (Å²) in [7, 11) is 1.36. The molecule has 1 aliphatic carbocycles. The minimum Gasteiger partial charge on any atom is -0.507 e. The summed E-state index contributed by atoms with van der Waals surface area (Å²) in [5.41, 5.74) is 2.86. The van der Waals surface area contributed by atoms with Crippen molar-refractivity contribution in [1.82, 2.24) is 0 Å². The molecule has 3 heteroatoms. The lowest BCUT2D eigenvalue weighted by molar-refractivity contribution is -0.134. The standard InChI is InChI=1S/C18H24O3/c1-11(2)15-9-13(5-8-17(19)21-4)10-16(18(15)20)12(3)14-6-7-14/h5,8-12,14,20H,6-7H2,1-4H3/t12-/m1/s1. The van der Waals surface area contributed by atoms with E-state index in [1.165, 1.54) is 26.0 Å². The average molecular weight is 288 g/mol. The minimum atomic E-state index is -0.369. The van der Waals surface area contributed by atoms with Crippen molar-refractivity contribution in [2.45, 2.75) is 45.4 Å². The van der Waals surface area contributed by atoms with E-state index in [4.69, 9.17) is 0 Å². The summed E-state index contributed by atoms with van der Waals surface area (Å²) in [5, 5.41) is 10.5. The molecule has 1 atom stereocenters. The summed E-state index contributed by atoms with van der Waals surface area (Å²) < 4.78 is 4.62. The number of phenols is 1. The number of hydrogen-bond donors (Lipinski definition) is 1. The molecule has 0 heterocycles. The summed E-state index contributed by atoms with van der Waals surface area (Å²) in [6.07, 6.45) is 5.64. The first-order chi connectivity index (χ1) is 9.93. The molecular weight excluding hydrogens is 264 g/mol. The maximum Gasteiger partial charge on any atom is 0.330 e. The summed E-state index contributed by atoms with van der Waals surface area (Å²) in [6, 6.07) is 3.94. The molecule has 1 fully saturated rings. The normalized spacial score (nSPS) is 16.4. The second kappa shape index (κ2) is 6.33. The van der Waals surface area contributed by atoms with E-state index < -0.39 is 0 Å². The quantitative estimate of drug-likeness (QED) is 0.652. The lowest BCUT2D eigenvalue weighted by Gasteiger charge is -2.18. The number of methoxy groups -OCH3 is 1. The van der Waals surface area contributed by atoms with Gasteiger partial charge in [0.05, 0.1) is 7.11 Å². The zero-order valence-electron chi connectivity index (χ0n) is 13.2. The van der Waals surface area contributed by atoms with Gasteiger partial charge in [0.15, 0.2) is 0 Å². The van der Waals surface area contributed by atoms with E-state index in [0.717, 1.165) is 16.7 Å². The van der Waals surface area contributed by atoms with E-state index in [1.807, 2.05) is 12.1 Å². The van der Waals surface area contributed by atoms with Gasteiger partial charge in [-0.25, -0.2) is 4.79 Å². The Morgan fingerprint density at radius 1 is 1.29 bits per heavy atom. The van der Waals surface area contributed by atoms with Crippen LogP contribution in [-0.4, -0.2) is 18.2 Å². The Bertz CT molecular complexity index is 554. The molecule has 0 saturated heterocycles. The maximum absolute atomic E-state index is 11.2. The first-order valence-electron chi connectivity index (χ1n) is 7.56. The fourth-order valence-corrected chi connectivity index (χ4v) is 2.67. The Labute approximate surface area is 126 Å². The van der Waals surface area contributed by atoms with Crippen molar-refractivity contribution in [2.24, 2.45) is 5.92 Å². The summed E-state index contributed by atoms with van der Waals surface area (Å²) in [4.78, 5) is 11.2. The summed E-state index contributed by atoms with van der Waals surface area (Å²) in [5.74, 6) is 1.32. The number of benzene rings is 1. The lowest BCUT2D eigenvalue weighted by Crippen LogP contribution is -2.01. The van der Waals surface area contributed by atoms with Gasteiger partial charge in [0.1, 0.15) is 5.75 Å². The molecular formula is C18H24O3. The van der Waals surface area contributed by atoms with Crippen LogP contribution in [0.1, 0.15) is 62.1 Å². The molecule has 0 aliphatic heterocycles. The van der Waals surface area contributed by atoms with Crippen molar-refractivity contribution in [1.29, 1.82) is 0 Å². The Morgan fingerprint density at radius 2 is 1.90 bits per heavy atom. The Balaban J connectivity index is 2.41. The fraction of sp³-hybridized carbons (Fsp3) is 0.500. The number of ether oxygens (including phenoxy) is 1. The van der Waals surface area contributed by atoms with Crippen LogP contribution in [0.4, 0.5) is 0 Å². The smallest absolute Gasteiger partial charge is 0.330 e. The average Bonchev–Trinajstić information content (AvgIpc) is 3.29. The fourth-order valence-electron chi connectivity index (χ4n) is 2.67. The zero-order chi connectivity index (χ0) is 15.6. The number of esters is 1. The second-order valence-corrected chi connectivity index (χ2v) is 6.19. The van der Waals surface area contributed by atoms with Crippen molar-refractivity contribution in [3.8, 4) is 5.75 Å². The van der Waals surface area contributed by atoms with E-state index in [9.17, 15) is 9.90 Å². The molecule has 1 saturated carbocycles. The number of rotatable bonds is 5. The van der Waals surface area contributed by atoms with Gasteiger partial charge < -0.3 is 9.84 Å². The predicted molar refractivity (Wildman–Crippen MR) is 84.4 cm³/mol. The predicted octanol–water partition coefficient (Wildman–Crippen LogP) is 4.22. The van der Waals surface area contributed by atoms with Crippen LogP contribution in [0.5, 0.6) is 5.75 Å². The van der Waals surface area contributed by atoms with Gasteiger partial charge >= 0.3 is 5.97 Å². The van der Waals surface area contributed by atoms with Gasteiger partial charge in [-0.15, -0.1) is 0 Å². The highest BCUT2D eigenvalue weighted by molar-refractivity contribution is 5.87. The topological polar surface area (TPSA) is 46.5 Å². The molecule has 0 unspecified atom stereocenters. The monoisotopic (exact) mass is 288 g/mol. The molecule has 0 aromatic heterocycles. The first-order valence-corrected chi connectivity index (χ1v) is 7.56. The van der Waals surface area contributed by atoms with Gasteiger partial charge in [0.2, 0.25) is 0 Å². The number of hydrogen-bond acceptors (Lipinski definition) is 3. The van der Waals surface area contributed by atoms with Crippen molar-refractivity contribution < 1.29 is 14.6 Å². The highest BCUT2D eigenvalue weighted by Crippen LogP contribution is 2.46. The Hall–Kier alpha value is -1.77. The molecule has 0 radical (unpaired) electrons. The first kappa shape index (κ1) is 15.6. The van der Waals surface area contributed by atoms with E-state index in [-0.39, 0.29) is 11.9 Å². The van der Waals surface area contributed by atoms with Crippen LogP contribution in [0.3, 0.4) is 0 Å². The summed E-state index contributed by atoms with van der Waals surface area (Å²) >= 11 is 0. The van der Waals surface area contributed by atoms with Crippen LogP contribution in [0.2, 0.25) is 0 Å². The van der Waals surface area contributed by atoms with Crippen molar-refractivity contribution >= 4 is 12.0 Å². The zero-order valence-corrected chi connectivity index (χ0v) is 13.2. The van der Waals surface area contributed by atoms with Crippen LogP contribution < -0.4 is 0 Å². The number of aromatic hydroxyl groups is 1. The van der Waals surface area contributed by atoms with Crippen LogP contribution in [-0.2, 0) is 9.53 Å². The third-order valence-corrected chi connectivity index (χ3v) is 4.25. The SMILES string of the molecule is COC(=O)C=Cc1cc(C(C)C)c(O)c([C@H](C)C2CC2)c1. The largest absolute Gasteiger partial charge is 0.507 e. The number of phenolic OH excluding ortho intramolecular Hbond substituents is 1. The number of carbonyl (C=O) groups excluding carboxylic acids is 1. The van der Waals surface area contributed by atoms with E-state index in [0.29, 0.717) is 17.6 Å². The molecule has 1 aliphatic rings. The van der Waals surface area contributed by atoms with Gasteiger partial charge in [-0.2, -0.15) is 0 Å². The van der Waals surface area contributed by atoms with Crippen LogP contribution in [0, 0.1) is 5.92 Å². The van der Waals surface area contributed by atoms with Gasteiger partial charge in [-0.05, 0) is 65.5 Å². The Kier molecular flexibility index (Phi) is 4.71. The lowest BCUT2D eigenvalue weighted by atomic mass is 9.88. The van der Waals surface area contributed by atoms with Crippen LogP contribution in [0.15, 0.2) is 18.2 Å². The highest BCUT2D eigenvalue weighted by Gasteiger charge is 2.31. The van der Waals surface area contributed by atoms with E-state index in [1.54, 1.807) is 6.08 Å². The van der Waals surface area contributed by atoms with Gasteiger partial charge in [0, 0.05) is 6.08 Å². The molecule has 114 valence electrons. The van der Waals surface area contributed by atoms with E-state index in [2.05, 4.69) is 25.5 Å².